The molecule has 3 rings (SSSR count). The predicted molar refractivity (Wildman–Crippen MR) is 77.1 cm³/mol. The minimum atomic E-state index is -3.80. The van der Waals surface area contributed by atoms with E-state index in [1.165, 1.54) is 15.2 Å². The molecule has 1 aliphatic rings. The number of rotatable bonds is 2. The molecule has 21 heavy (non-hydrogen) atoms. The summed E-state index contributed by atoms with van der Waals surface area (Å²) in [7, 11) is -2.19. The number of benzene rings is 1. The second kappa shape index (κ2) is 4.88. The molecule has 1 aromatic heterocycles. The summed E-state index contributed by atoms with van der Waals surface area (Å²) in [6, 6.07) is 4.99. The maximum absolute atomic E-state index is 12.7. The number of para-hydroxylation sites is 1. The first-order chi connectivity index (χ1) is 9.89. The molecule has 0 saturated carbocycles. The van der Waals surface area contributed by atoms with E-state index < -0.39 is 10.0 Å². The molecule has 0 aliphatic carbocycles. The molecule has 0 spiro atoms. The van der Waals surface area contributed by atoms with Crippen LogP contribution in [0.25, 0.3) is 0 Å². The van der Waals surface area contributed by atoms with Crippen LogP contribution in [0.15, 0.2) is 29.4 Å². The molecule has 1 aromatic carbocycles. The Hall–Kier alpha value is -1.80. The summed E-state index contributed by atoms with van der Waals surface area (Å²) in [4.78, 5) is 0. The van der Waals surface area contributed by atoms with E-state index >= 15 is 0 Å². The van der Waals surface area contributed by atoms with E-state index in [-0.39, 0.29) is 17.7 Å². The quantitative estimate of drug-likeness (QED) is 0.833. The molecule has 9 heteroatoms. The van der Waals surface area contributed by atoms with E-state index in [1.54, 1.807) is 32.2 Å². The van der Waals surface area contributed by atoms with Gasteiger partial charge in [0.2, 0.25) is 5.03 Å². The molecule has 2 aromatic rings. The average Bonchev–Trinajstić information content (AvgIpc) is 2.86. The number of halogens is 1. The van der Waals surface area contributed by atoms with Crippen LogP contribution in [-0.4, -0.2) is 36.1 Å². The highest BCUT2D eigenvalue weighted by Gasteiger charge is 2.35. The first-order valence-electron chi connectivity index (χ1n) is 6.24. The van der Waals surface area contributed by atoms with E-state index in [0.717, 1.165) is 0 Å². The third kappa shape index (κ3) is 2.34. The maximum atomic E-state index is 12.7. The summed E-state index contributed by atoms with van der Waals surface area (Å²) in [5.74, 6) is 0.366. The Kier molecular flexibility index (Phi) is 3.29. The van der Waals surface area contributed by atoms with Gasteiger partial charge in [-0.05, 0) is 19.1 Å². The third-order valence-electron chi connectivity index (χ3n) is 3.09. The molecule has 7 nitrogen and oxygen atoms in total. The monoisotopic (exact) mass is 328 g/mol. The molecular weight excluding hydrogens is 316 g/mol. The van der Waals surface area contributed by atoms with Gasteiger partial charge in [-0.2, -0.15) is 8.42 Å². The number of aromatic nitrogens is 3. The van der Waals surface area contributed by atoms with Gasteiger partial charge in [0, 0.05) is 7.05 Å². The van der Waals surface area contributed by atoms with Gasteiger partial charge in [0.1, 0.15) is 6.10 Å². The lowest BCUT2D eigenvalue weighted by atomic mass is 10.2. The first-order valence-corrected chi connectivity index (χ1v) is 8.05. The van der Waals surface area contributed by atoms with Crippen molar-refractivity contribution >= 4 is 27.3 Å². The standard InChI is InChI=1S/C12H13ClN4O3S/c1-8-6-17(10-5-3-4-9(13)12(10)20-8)21(18,19)11-7-16(2)15-14-11/h3-5,7-8H,6H2,1-2H3. The molecular formula is C12H13ClN4O3S. The molecule has 112 valence electrons. The molecule has 0 N–H and O–H groups in total. The van der Waals surface area contributed by atoms with Crippen LogP contribution < -0.4 is 9.04 Å². The topological polar surface area (TPSA) is 77.3 Å². The molecule has 0 bridgehead atoms. The molecule has 0 saturated heterocycles. The van der Waals surface area contributed by atoms with Gasteiger partial charge >= 0.3 is 0 Å². The minimum absolute atomic E-state index is 0.106. The number of hydrogen-bond donors (Lipinski definition) is 0. The molecule has 0 radical (unpaired) electrons. The Morgan fingerprint density at radius 1 is 1.43 bits per heavy atom. The SMILES string of the molecule is CC1CN(S(=O)(=O)c2cn(C)nn2)c2cccc(Cl)c2O1. The van der Waals surface area contributed by atoms with Crippen LogP contribution in [0, 0.1) is 0 Å². The first kappa shape index (κ1) is 14.2. The van der Waals surface area contributed by atoms with Gasteiger partial charge in [-0.25, -0.2) is 0 Å². The third-order valence-corrected chi connectivity index (χ3v) is 5.03. The lowest BCUT2D eigenvalue weighted by molar-refractivity contribution is 0.219. The van der Waals surface area contributed by atoms with Gasteiger partial charge in [0.05, 0.1) is 23.5 Å². The van der Waals surface area contributed by atoms with Crippen LogP contribution in [0.2, 0.25) is 5.02 Å². The zero-order valence-electron chi connectivity index (χ0n) is 11.4. The van der Waals surface area contributed by atoms with Crippen molar-refractivity contribution in [2.45, 2.75) is 18.1 Å². The molecule has 0 amide bonds. The Bertz CT molecular complexity index is 790. The number of anilines is 1. The Labute approximate surface area is 127 Å². The second-order valence-electron chi connectivity index (χ2n) is 4.78. The zero-order chi connectivity index (χ0) is 15.2. The van der Waals surface area contributed by atoms with Crippen molar-refractivity contribution in [1.82, 2.24) is 15.0 Å². The van der Waals surface area contributed by atoms with Crippen LogP contribution in [0.1, 0.15) is 6.92 Å². The fraction of sp³-hybridized carbons (Fsp3) is 0.333. The smallest absolute Gasteiger partial charge is 0.285 e. The van der Waals surface area contributed by atoms with Crippen molar-refractivity contribution in [2.75, 3.05) is 10.8 Å². The highest BCUT2D eigenvalue weighted by molar-refractivity contribution is 7.92. The summed E-state index contributed by atoms with van der Waals surface area (Å²) in [5, 5.41) is 7.63. The normalized spacial score (nSPS) is 18.2. The van der Waals surface area contributed by atoms with Crippen molar-refractivity contribution < 1.29 is 13.2 Å². The summed E-state index contributed by atoms with van der Waals surface area (Å²) in [6.07, 6.45) is 1.04. The van der Waals surface area contributed by atoms with Gasteiger partial charge in [0.25, 0.3) is 10.0 Å². The molecule has 1 unspecified atom stereocenters. The summed E-state index contributed by atoms with van der Waals surface area (Å²) in [5.41, 5.74) is 0.409. The minimum Gasteiger partial charge on any atom is -0.485 e. The number of fused-ring (bicyclic) bond motifs is 1. The fourth-order valence-corrected chi connectivity index (χ4v) is 3.84. The number of hydrogen-bond acceptors (Lipinski definition) is 5. The fourth-order valence-electron chi connectivity index (χ4n) is 2.17. The van der Waals surface area contributed by atoms with Crippen molar-refractivity contribution in [3.63, 3.8) is 0 Å². The maximum Gasteiger partial charge on any atom is 0.285 e. The van der Waals surface area contributed by atoms with E-state index in [2.05, 4.69) is 10.3 Å². The van der Waals surface area contributed by atoms with E-state index in [0.29, 0.717) is 16.5 Å². The van der Waals surface area contributed by atoms with Gasteiger partial charge in [-0.3, -0.25) is 8.99 Å². The summed E-state index contributed by atoms with van der Waals surface area (Å²) in [6.45, 7) is 1.97. The lowest BCUT2D eigenvalue weighted by Gasteiger charge is -2.33. The van der Waals surface area contributed by atoms with Crippen molar-refractivity contribution in [1.29, 1.82) is 0 Å². The molecule has 1 atom stereocenters. The number of aryl methyl sites for hydroxylation is 1. The van der Waals surface area contributed by atoms with E-state index in [9.17, 15) is 8.42 Å². The Morgan fingerprint density at radius 2 is 2.19 bits per heavy atom. The Morgan fingerprint density at radius 3 is 2.86 bits per heavy atom. The van der Waals surface area contributed by atoms with Crippen LogP contribution in [0.5, 0.6) is 5.75 Å². The molecule has 1 aliphatic heterocycles. The largest absolute Gasteiger partial charge is 0.485 e. The van der Waals surface area contributed by atoms with Crippen molar-refractivity contribution in [3.8, 4) is 5.75 Å². The number of ether oxygens (including phenoxy) is 1. The van der Waals surface area contributed by atoms with Gasteiger partial charge in [0.15, 0.2) is 5.75 Å². The lowest BCUT2D eigenvalue weighted by Crippen LogP contribution is -2.42. The number of nitrogens with zero attached hydrogens (tertiary/aromatic N) is 4. The zero-order valence-corrected chi connectivity index (χ0v) is 13.0. The van der Waals surface area contributed by atoms with Crippen LogP contribution in [-0.2, 0) is 17.1 Å². The van der Waals surface area contributed by atoms with Crippen LogP contribution >= 0.6 is 11.6 Å². The van der Waals surface area contributed by atoms with E-state index in [4.69, 9.17) is 16.3 Å². The van der Waals surface area contributed by atoms with Crippen molar-refractivity contribution in [3.05, 3.63) is 29.4 Å². The highest BCUT2D eigenvalue weighted by atomic mass is 35.5. The van der Waals surface area contributed by atoms with Gasteiger partial charge in [-0.1, -0.05) is 22.9 Å². The predicted octanol–water partition coefficient (Wildman–Crippen LogP) is 1.44. The van der Waals surface area contributed by atoms with Crippen LogP contribution in [0.3, 0.4) is 0 Å². The summed E-state index contributed by atoms with van der Waals surface area (Å²) >= 11 is 6.09. The van der Waals surface area contributed by atoms with Gasteiger partial charge < -0.3 is 4.74 Å². The molecule has 2 heterocycles. The van der Waals surface area contributed by atoms with Crippen LogP contribution in [0.4, 0.5) is 5.69 Å². The second-order valence-corrected chi connectivity index (χ2v) is 7.00. The van der Waals surface area contributed by atoms with Gasteiger partial charge in [-0.15, -0.1) is 5.10 Å². The Balaban J connectivity index is 2.14. The van der Waals surface area contributed by atoms with Crippen molar-refractivity contribution in [2.24, 2.45) is 7.05 Å². The highest BCUT2D eigenvalue weighted by Crippen LogP contribution is 2.41. The average molecular weight is 329 g/mol. The number of sulfonamides is 1. The van der Waals surface area contributed by atoms with E-state index in [1.807, 2.05) is 0 Å². The summed E-state index contributed by atoms with van der Waals surface area (Å²) < 4.78 is 33.7. The molecule has 0 fully saturated rings.